The fraction of sp³-hybridized carbons (Fsp3) is 0.304. The number of fused-ring (bicyclic) bond motifs is 2. The van der Waals surface area contributed by atoms with Gasteiger partial charge in [-0.25, -0.2) is 18.7 Å². The van der Waals surface area contributed by atoms with Gasteiger partial charge in [-0.15, -0.1) is 0 Å². The zero-order valence-corrected chi connectivity index (χ0v) is 17.1. The maximum absolute atomic E-state index is 13.6. The number of nitrogens with zero attached hydrogens (tertiary/aromatic N) is 4. The first-order chi connectivity index (χ1) is 15.5. The van der Waals surface area contributed by atoms with Gasteiger partial charge in [-0.3, -0.25) is 4.98 Å². The number of halogens is 2. The third-order valence-electron chi connectivity index (χ3n) is 6.09. The highest BCUT2D eigenvalue weighted by Gasteiger charge is 2.24. The second-order valence-corrected chi connectivity index (χ2v) is 8.09. The zero-order chi connectivity index (χ0) is 22.2. The second kappa shape index (κ2) is 8.13. The van der Waals surface area contributed by atoms with Crippen molar-refractivity contribution in [3.05, 3.63) is 48.0 Å². The number of alkyl halides is 2. The van der Waals surface area contributed by atoms with Crippen LogP contribution in [0.4, 0.5) is 14.7 Å². The molecule has 1 aromatic carbocycles. The number of hydrogen-bond donors (Lipinski definition) is 3. The molecule has 32 heavy (non-hydrogen) atoms. The van der Waals surface area contributed by atoms with Crippen molar-refractivity contribution in [2.24, 2.45) is 5.73 Å². The van der Waals surface area contributed by atoms with E-state index in [-0.39, 0.29) is 23.2 Å². The highest BCUT2D eigenvalue weighted by Crippen LogP contribution is 2.36. The molecule has 7 nitrogen and oxygen atoms in total. The third kappa shape index (κ3) is 3.52. The van der Waals surface area contributed by atoms with Gasteiger partial charge < -0.3 is 16.0 Å². The summed E-state index contributed by atoms with van der Waals surface area (Å²) in [7, 11) is 0. The summed E-state index contributed by atoms with van der Waals surface area (Å²) in [5.41, 5.74) is 8.95. The van der Waals surface area contributed by atoms with E-state index in [2.05, 4.69) is 31.3 Å². The predicted molar refractivity (Wildman–Crippen MR) is 118 cm³/mol. The van der Waals surface area contributed by atoms with Gasteiger partial charge in [0, 0.05) is 58.1 Å². The number of anilines is 1. The zero-order valence-electron chi connectivity index (χ0n) is 17.1. The molecule has 0 amide bonds. The van der Waals surface area contributed by atoms with E-state index in [9.17, 15) is 8.78 Å². The van der Waals surface area contributed by atoms with Crippen molar-refractivity contribution in [1.29, 1.82) is 5.26 Å². The smallest absolute Gasteiger partial charge is 0.281 e. The Labute approximate surface area is 182 Å². The molecule has 3 aromatic heterocycles. The van der Waals surface area contributed by atoms with Crippen LogP contribution in [-0.4, -0.2) is 32.0 Å². The lowest BCUT2D eigenvalue weighted by molar-refractivity contribution is 0.148. The molecule has 4 aromatic rings. The van der Waals surface area contributed by atoms with Crippen molar-refractivity contribution in [2.75, 3.05) is 5.32 Å². The molecule has 0 unspecified atom stereocenters. The molecule has 2 atom stereocenters. The summed E-state index contributed by atoms with van der Waals surface area (Å²) >= 11 is 0. The van der Waals surface area contributed by atoms with Gasteiger partial charge in [-0.1, -0.05) is 18.9 Å². The topological polar surface area (TPSA) is 116 Å². The van der Waals surface area contributed by atoms with E-state index in [1.165, 1.54) is 12.4 Å². The van der Waals surface area contributed by atoms with Gasteiger partial charge in [0.1, 0.15) is 5.69 Å². The average Bonchev–Trinajstić information content (AvgIpc) is 3.22. The van der Waals surface area contributed by atoms with E-state index >= 15 is 0 Å². The van der Waals surface area contributed by atoms with Crippen LogP contribution in [0.1, 0.15) is 43.4 Å². The largest absolute Gasteiger partial charge is 0.361 e. The molecule has 0 radical (unpaired) electrons. The standard InChI is InChI=1S/C23H21F2N7/c24-22(25)21-16-11-30-23(31-18-4-2-1-3-17(18)27)32-20(16)15(10-29-21)14-9-28-19-7-12(8-26)5-6-13(14)19/h5-7,9-11,17-18,22,28H,1-4,27H2,(H,30,31,32)/t17-,18+/m0/s1. The van der Waals surface area contributed by atoms with Crippen molar-refractivity contribution in [3.63, 3.8) is 0 Å². The second-order valence-electron chi connectivity index (χ2n) is 8.09. The Morgan fingerprint density at radius 3 is 2.75 bits per heavy atom. The molecule has 162 valence electrons. The maximum Gasteiger partial charge on any atom is 0.281 e. The van der Waals surface area contributed by atoms with Gasteiger partial charge in [0.2, 0.25) is 5.95 Å². The number of benzene rings is 1. The summed E-state index contributed by atoms with van der Waals surface area (Å²) in [5, 5.41) is 13.5. The number of nitriles is 1. The van der Waals surface area contributed by atoms with Crippen LogP contribution in [0.25, 0.3) is 32.9 Å². The number of aromatic amines is 1. The summed E-state index contributed by atoms with van der Waals surface area (Å²) in [5.74, 6) is 0.360. The Balaban J connectivity index is 1.65. The summed E-state index contributed by atoms with van der Waals surface area (Å²) in [6.45, 7) is 0. The molecule has 1 aliphatic carbocycles. The first kappa shape index (κ1) is 20.3. The molecule has 1 fully saturated rings. The maximum atomic E-state index is 13.6. The lowest BCUT2D eigenvalue weighted by Gasteiger charge is -2.29. The molecule has 5 rings (SSSR count). The quantitative estimate of drug-likeness (QED) is 0.431. The molecule has 1 saturated carbocycles. The average molecular weight is 433 g/mol. The molecule has 3 heterocycles. The Hall–Kier alpha value is -3.64. The van der Waals surface area contributed by atoms with E-state index in [4.69, 9.17) is 11.0 Å². The Bertz CT molecular complexity index is 1340. The minimum absolute atomic E-state index is 0.000435. The summed E-state index contributed by atoms with van der Waals surface area (Å²) < 4.78 is 27.3. The van der Waals surface area contributed by atoms with Crippen molar-refractivity contribution in [2.45, 2.75) is 44.2 Å². The van der Waals surface area contributed by atoms with Crippen LogP contribution < -0.4 is 11.1 Å². The van der Waals surface area contributed by atoms with Gasteiger partial charge in [-0.2, -0.15) is 5.26 Å². The number of pyridine rings is 1. The molecule has 0 aliphatic heterocycles. The minimum atomic E-state index is -2.75. The Kier molecular flexibility index (Phi) is 5.15. The highest BCUT2D eigenvalue weighted by atomic mass is 19.3. The fourth-order valence-electron chi connectivity index (χ4n) is 4.40. The van der Waals surface area contributed by atoms with Crippen LogP contribution in [0.2, 0.25) is 0 Å². The Morgan fingerprint density at radius 1 is 1.12 bits per heavy atom. The van der Waals surface area contributed by atoms with E-state index in [0.717, 1.165) is 42.1 Å². The van der Waals surface area contributed by atoms with Crippen LogP contribution in [0.5, 0.6) is 0 Å². The number of rotatable bonds is 4. The first-order valence-corrected chi connectivity index (χ1v) is 10.5. The van der Waals surface area contributed by atoms with E-state index in [1.54, 1.807) is 18.3 Å². The minimum Gasteiger partial charge on any atom is -0.361 e. The molecular formula is C23H21F2N7. The van der Waals surface area contributed by atoms with Gasteiger partial charge in [0.15, 0.2) is 0 Å². The summed E-state index contributed by atoms with van der Waals surface area (Å²) in [6, 6.07) is 7.44. The number of nitrogens with one attached hydrogen (secondary N) is 2. The van der Waals surface area contributed by atoms with Crippen LogP contribution in [-0.2, 0) is 0 Å². The van der Waals surface area contributed by atoms with Crippen LogP contribution in [0.3, 0.4) is 0 Å². The molecule has 0 bridgehead atoms. The van der Waals surface area contributed by atoms with Crippen molar-refractivity contribution >= 4 is 27.8 Å². The van der Waals surface area contributed by atoms with E-state index in [1.807, 2.05) is 6.07 Å². The first-order valence-electron chi connectivity index (χ1n) is 10.5. The molecule has 1 aliphatic rings. The van der Waals surface area contributed by atoms with Crippen LogP contribution >= 0.6 is 0 Å². The van der Waals surface area contributed by atoms with Gasteiger partial charge in [-0.05, 0) is 25.0 Å². The summed E-state index contributed by atoms with van der Waals surface area (Å²) in [6.07, 6.45) is 5.86. The van der Waals surface area contributed by atoms with E-state index < -0.39 is 6.43 Å². The van der Waals surface area contributed by atoms with Gasteiger partial charge in [0.25, 0.3) is 6.43 Å². The van der Waals surface area contributed by atoms with Crippen molar-refractivity contribution < 1.29 is 8.78 Å². The lowest BCUT2D eigenvalue weighted by Crippen LogP contribution is -2.42. The Morgan fingerprint density at radius 2 is 1.97 bits per heavy atom. The highest BCUT2D eigenvalue weighted by molar-refractivity contribution is 6.04. The third-order valence-corrected chi connectivity index (χ3v) is 6.09. The number of aromatic nitrogens is 4. The monoisotopic (exact) mass is 433 g/mol. The van der Waals surface area contributed by atoms with Crippen molar-refractivity contribution in [1.82, 2.24) is 19.9 Å². The van der Waals surface area contributed by atoms with Gasteiger partial charge in [0.05, 0.1) is 17.1 Å². The molecule has 9 heteroatoms. The normalized spacial score (nSPS) is 18.8. The number of nitrogens with two attached hydrogens (primary N) is 1. The SMILES string of the molecule is N#Cc1ccc2c(-c3cnc(C(F)F)c4cnc(N[C@@H]5CCCC[C@@H]5N)nc34)c[nH]c2c1. The molecule has 0 saturated heterocycles. The fourth-order valence-corrected chi connectivity index (χ4v) is 4.40. The van der Waals surface area contributed by atoms with Crippen LogP contribution in [0.15, 0.2) is 36.8 Å². The van der Waals surface area contributed by atoms with E-state index in [0.29, 0.717) is 22.6 Å². The predicted octanol–water partition coefficient (Wildman–Crippen LogP) is 4.66. The molecular weight excluding hydrogens is 412 g/mol. The summed E-state index contributed by atoms with van der Waals surface area (Å²) in [4.78, 5) is 16.1. The molecule has 4 N–H and O–H groups in total. The van der Waals surface area contributed by atoms with Crippen molar-refractivity contribution in [3.8, 4) is 17.2 Å². The van der Waals surface area contributed by atoms with Gasteiger partial charge >= 0.3 is 0 Å². The molecule has 0 spiro atoms. The lowest BCUT2D eigenvalue weighted by atomic mass is 9.91. The number of hydrogen-bond acceptors (Lipinski definition) is 6. The number of H-pyrrole nitrogens is 1. The van der Waals surface area contributed by atoms with Crippen LogP contribution in [0, 0.1) is 11.3 Å².